The summed E-state index contributed by atoms with van der Waals surface area (Å²) in [7, 11) is 0. The highest BCUT2D eigenvalue weighted by atomic mass is 16.2. The van der Waals surface area contributed by atoms with Gasteiger partial charge in [-0.05, 0) is 20.3 Å². The molecule has 72 valence electrons. The van der Waals surface area contributed by atoms with Gasteiger partial charge in [0.1, 0.15) is 0 Å². The molecule has 0 unspecified atom stereocenters. The Balaban J connectivity index is 3.54. The zero-order chi connectivity index (χ0) is 9.40. The van der Waals surface area contributed by atoms with Crippen LogP contribution in [0.2, 0.25) is 0 Å². The second-order valence-electron chi connectivity index (χ2n) is 2.76. The van der Waals surface area contributed by atoms with E-state index >= 15 is 0 Å². The van der Waals surface area contributed by atoms with Crippen molar-refractivity contribution in [3.8, 4) is 0 Å². The van der Waals surface area contributed by atoms with Crippen LogP contribution >= 0.6 is 0 Å². The maximum Gasteiger partial charge on any atom is 0.317 e. The number of rotatable bonds is 5. The van der Waals surface area contributed by atoms with Crippen molar-refractivity contribution in [2.75, 3.05) is 19.6 Å². The molecular formula is C9H20N2O. The molecular weight excluding hydrogens is 152 g/mol. The highest BCUT2D eigenvalue weighted by Crippen LogP contribution is 1.89. The van der Waals surface area contributed by atoms with Gasteiger partial charge in [-0.2, -0.15) is 0 Å². The molecule has 0 aliphatic carbocycles. The molecule has 0 heterocycles. The number of urea groups is 1. The Kier molecular flexibility index (Phi) is 6.53. The van der Waals surface area contributed by atoms with Crippen molar-refractivity contribution < 1.29 is 4.79 Å². The van der Waals surface area contributed by atoms with E-state index in [0.717, 1.165) is 32.5 Å². The summed E-state index contributed by atoms with van der Waals surface area (Å²) in [6, 6.07) is 0.0634. The fraction of sp³-hybridized carbons (Fsp3) is 0.889. The molecule has 0 atom stereocenters. The molecule has 0 bridgehead atoms. The minimum atomic E-state index is 0.0634. The number of amides is 2. The summed E-state index contributed by atoms with van der Waals surface area (Å²) in [6.07, 6.45) is 2.19. The Labute approximate surface area is 75.1 Å². The van der Waals surface area contributed by atoms with Crippen LogP contribution in [0.1, 0.15) is 33.6 Å². The summed E-state index contributed by atoms with van der Waals surface area (Å²) >= 11 is 0. The van der Waals surface area contributed by atoms with Gasteiger partial charge in [0.05, 0.1) is 0 Å². The van der Waals surface area contributed by atoms with Crippen LogP contribution in [0.25, 0.3) is 0 Å². The second kappa shape index (κ2) is 6.95. The molecule has 0 spiro atoms. The normalized spacial score (nSPS) is 9.58. The highest BCUT2D eigenvalue weighted by Gasteiger charge is 2.06. The van der Waals surface area contributed by atoms with Crippen molar-refractivity contribution in [2.24, 2.45) is 0 Å². The lowest BCUT2D eigenvalue weighted by atomic mass is 10.3. The molecule has 0 saturated carbocycles. The monoisotopic (exact) mass is 172 g/mol. The zero-order valence-corrected chi connectivity index (χ0v) is 8.39. The minimum Gasteiger partial charge on any atom is -0.338 e. The van der Waals surface area contributed by atoms with Crippen molar-refractivity contribution in [3.05, 3.63) is 0 Å². The van der Waals surface area contributed by atoms with E-state index in [4.69, 9.17) is 0 Å². The molecule has 12 heavy (non-hydrogen) atoms. The number of nitrogens with zero attached hydrogens (tertiary/aromatic N) is 1. The van der Waals surface area contributed by atoms with E-state index in [0.29, 0.717) is 0 Å². The molecule has 0 rings (SSSR count). The molecule has 3 nitrogen and oxygen atoms in total. The van der Waals surface area contributed by atoms with Gasteiger partial charge in [-0.1, -0.05) is 13.3 Å². The summed E-state index contributed by atoms with van der Waals surface area (Å²) in [4.78, 5) is 13.1. The highest BCUT2D eigenvalue weighted by molar-refractivity contribution is 5.73. The SMILES string of the molecule is CCCCNC(=O)N(CC)CC. The minimum absolute atomic E-state index is 0.0634. The van der Waals surface area contributed by atoms with Crippen LogP contribution in [-0.2, 0) is 0 Å². The van der Waals surface area contributed by atoms with Gasteiger partial charge in [0.2, 0.25) is 0 Å². The Morgan fingerprint density at radius 3 is 2.25 bits per heavy atom. The molecule has 0 fully saturated rings. The zero-order valence-electron chi connectivity index (χ0n) is 8.39. The number of carbonyl (C=O) groups excluding carboxylic acids is 1. The first kappa shape index (κ1) is 11.3. The van der Waals surface area contributed by atoms with Gasteiger partial charge in [0.15, 0.2) is 0 Å². The van der Waals surface area contributed by atoms with Gasteiger partial charge < -0.3 is 10.2 Å². The van der Waals surface area contributed by atoms with Gasteiger partial charge in [-0.25, -0.2) is 4.79 Å². The van der Waals surface area contributed by atoms with Gasteiger partial charge >= 0.3 is 6.03 Å². The number of hydrogen-bond acceptors (Lipinski definition) is 1. The van der Waals surface area contributed by atoms with Crippen molar-refractivity contribution >= 4 is 6.03 Å². The fourth-order valence-electron chi connectivity index (χ4n) is 0.995. The third-order valence-corrected chi connectivity index (χ3v) is 1.86. The molecule has 0 aromatic carbocycles. The number of unbranched alkanes of at least 4 members (excludes halogenated alkanes) is 1. The first-order valence-corrected chi connectivity index (χ1v) is 4.79. The van der Waals surface area contributed by atoms with Gasteiger partial charge in [-0.3, -0.25) is 0 Å². The molecule has 0 saturated heterocycles. The predicted octanol–water partition coefficient (Wildman–Crippen LogP) is 1.84. The first-order chi connectivity index (χ1) is 5.76. The average Bonchev–Trinajstić information content (AvgIpc) is 2.07. The average molecular weight is 172 g/mol. The van der Waals surface area contributed by atoms with Gasteiger partial charge in [0.25, 0.3) is 0 Å². The molecule has 0 aromatic rings. The van der Waals surface area contributed by atoms with E-state index in [9.17, 15) is 4.79 Å². The summed E-state index contributed by atoms with van der Waals surface area (Å²) in [5.74, 6) is 0. The molecule has 3 heteroatoms. The summed E-state index contributed by atoms with van der Waals surface area (Å²) < 4.78 is 0. The van der Waals surface area contributed by atoms with E-state index in [-0.39, 0.29) is 6.03 Å². The van der Waals surface area contributed by atoms with E-state index in [1.165, 1.54) is 0 Å². The van der Waals surface area contributed by atoms with Crippen LogP contribution < -0.4 is 5.32 Å². The van der Waals surface area contributed by atoms with Crippen LogP contribution in [0.15, 0.2) is 0 Å². The van der Waals surface area contributed by atoms with Crippen LogP contribution in [0.5, 0.6) is 0 Å². The summed E-state index contributed by atoms with van der Waals surface area (Å²) in [5.41, 5.74) is 0. The maximum atomic E-state index is 11.3. The molecule has 0 radical (unpaired) electrons. The maximum absolute atomic E-state index is 11.3. The molecule has 0 aliphatic rings. The Hall–Kier alpha value is -0.730. The molecule has 0 aromatic heterocycles. The Morgan fingerprint density at radius 2 is 1.83 bits per heavy atom. The van der Waals surface area contributed by atoms with Crippen LogP contribution in [0.4, 0.5) is 4.79 Å². The second-order valence-corrected chi connectivity index (χ2v) is 2.76. The first-order valence-electron chi connectivity index (χ1n) is 4.79. The van der Waals surface area contributed by atoms with Gasteiger partial charge in [-0.15, -0.1) is 0 Å². The van der Waals surface area contributed by atoms with Crippen molar-refractivity contribution in [3.63, 3.8) is 0 Å². The topological polar surface area (TPSA) is 32.3 Å². The fourth-order valence-corrected chi connectivity index (χ4v) is 0.995. The lowest BCUT2D eigenvalue weighted by Crippen LogP contribution is -2.39. The Morgan fingerprint density at radius 1 is 1.25 bits per heavy atom. The predicted molar refractivity (Wildman–Crippen MR) is 51.2 cm³/mol. The standard InChI is InChI=1S/C9H20N2O/c1-4-7-8-10-9(12)11(5-2)6-3/h4-8H2,1-3H3,(H,10,12). The largest absolute Gasteiger partial charge is 0.338 e. The third kappa shape index (κ3) is 4.21. The van der Waals surface area contributed by atoms with Gasteiger partial charge in [0, 0.05) is 19.6 Å². The number of nitrogens with one attached hydrogen (secondary N) is 1. The summed E-state index contributed by atoms with van der Waals surface area (Å²) in [6.45, 7) is 8.46. The van der Waals surface area contributed by atoms with E-state index in [1.807, 2.05) is 13.8 Å². The van der Waals surface area contributed by atoms with Crippen molar-refractivity contribution in [1.82, 2.24) is 10.2 Å². The van der Waals surface area contributed by atoms with Crippen molar-refractivity contribution in [2.45, 2.75) is 33.6 Å². The van der Waals surface area contributed by atoms with Crippen LogP contribution in [0, 0.1) is 0 Å². The lowest BCUT2D eigenvalue weighted by molar-refractivity contribution is 0.203. The molecule has 1 N–H and O–H groups in total. The van der Waals surface area contributed by atoms with Crippen molar-refractivity contribution in [1.29, 1.82) is 0 Å². The number of carbonyl (C=O) groups is 1. The lowest BCUT2D eigenvalue weighted by Gasteiger charge is -2.18. The van der Waals surface area contributed by atoms with E-state index < -0.39 is 0 Å². The summed E-state index contributed by atoms with van der Waals surface area (Å²) in [5, 5.41) is 2.87. The smallest absolute Gasteiger partial charge is 0.317 e. The van der Waals surface area contributed by atoms with Crippen LogP contribution in [-0.4, -0.2) is 30.6 Å². The molecule has 2 amide bonds. The molecule has 0 aliphatic heterocycles. The van der Waals surface area contributed by atoms with E-state index in [2.05, 4.69) is 12.2 Å². The number of hydrogen-bond donors (Lipinski definition) is 1. The van der Waals surface area contributed by atoms with Crippen LogP contribution in [0.3, 0.4) is 0 Å². The van der Waals surface area contributed by atoms with E-state index in [1.54, 1.807) is 4.90 Å². The Bertz CT molecular complexity index is 122. The quantitative estimate of drug-likeness (QED) is 0.630. The third-order valence-electron chi connectivity index (χ3n) is 1.86.